The minimum Gasteiger partial charge on any atom is -0.476 e. The molecule has 0 saturated carbocycles. The summed E-state index contributed by atoms with van der Waals surface area (Å²) in [4.78, 5) is 19.7. The molecular formula is C11H13N3O3S. The number of thiazole rings is 1. The molecule has 0 radical (unpaired) electrons. The number of aryl methyl sites for hydroxylation is 2. The topological polar surface area (TPSA) is 88.2 Å². The molecule has 0 spiro atoms. The standard InChI is InChI=1S/C11H13N3O3S/c1-5-4-12-9(17-5)6(2)13-11-14-8(10(15)16)7(3)18-11/h4,6H,1-3H3,(H,13,14)(H,15,16). The van der Waals surface area contributed by atoms with Gasteiger partial charge in [0.15, 0.2) is 10.8 Å². The summed E-state index contributed by atoms with van der Waals surface area (Å²) in [6, 6.07) is -0.161. The molecule has 0 saturated heterocycles. The highest BCUT2D eigenvalue weighted by atomic mass is 32.1. The van der Waals surface area contributed by atoms with E-state index in [0.29, 0.717) is 15.9 Å². The summed E-state index contributed by atoms with van der Waals surface area (Å²) < 4.78 is 5.39. The van der Waals surface area contributed by atoms with Crippen LogP contribution >= 0.6 is 11.3 Å². The number of oxazole rings is 1. The van der Waals surface area contributed by atoms with E-state index in [-0.39, 0.29) is 11.7 Å². The van der Waals surface area contributed by atoms with E-state index in [4.69, 9.17) is 9.52 Å². The SMILES string of the molecule is Cc1cnc(C(C)Nc2nc(C(=O)O)c(C)s2)o1. The van der Waals surface area contributed by atoms with Crippen molar-refractivity contribution in [3.8, 4) is 0 Å². The van der Waals surface area contributed by atoms with Gasteiger partial charge in [-0.2, -0.15) is 0 Å². The molecule has 2 rings (SSSR count). The summed E-state index contributed by atoms with van der Waals surface area (Å²) in [5, 5.41) is 12.5. The predicted molar refractivity (Wildman–Crippen MR) is 67.1 cm³/mol. The molecule has 1 atom stereocenters. The van der Waals surface area contributed by atoms with Crippen LogP contribution in [0.25, 0.3) is 0 Å². The molecule has 0 aliphatic rings. The highest BCUT2D eigenvalue weighted by Gasteiger charge is 2.17. The molecule has 18 heavy (non-hydrogen) atoms. The van der Waals surface area contributed by atoms with Gasteiger partial charge in [0.1, 0.15) is 11.8 Å². The van der Waals surface area contributed by atoms with Crippen molar-refractivity contribution in [2.75, 3.05) is 5.32 Å². The van der Waals surface area contributed by atoms with E-state index < -0.39 is 5.97 Å². The van der Waals surface area contributed by atoms with Crippen LogP contribution in [0.15, 0.2) is 10.6 Å². The minimum atomic E-state index is -1.02. The number of carboxylic acids is 1. The Morgan fingerprint density at radius 3 is 2.78 bits per heavy atom. The minimum absolute atomic E-state index is 0.0817. The third-order valence-corrected chi connectivity index (χ3v) is 3.25. The van der Waals surface area contributed by atoms with Crippen molar-refractivity contribution in [1.29, 1.82) is 0 Å². The van der Waals surface area contributed by atoms with Gasteiger partial charge in [-0.15, -0.1) is 11.3 Å². The first kappa shape index (κ1) is 12.6. The predicted octanol–water partition coefficient (Wildman–Crippen LogP) is 2.62. The van der Waals surface area contributed by atoms with Crippen LogP contribution in [0.2, 0.25) is 0 Å². The van der Waals surface area contributed by atoms with Crippen LogP contribution in [-0.2, 0) is 0 Å². The Morgan fingerprint density at radius 1 is 1.56 bits per heavy atom. The molecule has 2 N–H and O–H groups in total. The molecule has 0 bridgehead atoms. The van der Waals surface area contributed by atoms with Crippen LogP contribution in [0, 0.1) is 13.8 Å². The molecule has 0 aliphatic heterocycles. The Labute approximate surface area is 108 Å². The highest BCUT2D eigenvalue weighted by molar-refractivity contribution is 7.15. The van der Waals surface area contributed by atoms with Crippen LogP contribution in [-0.4, -0.2) is 21.0 Å². The second-order valence-corrected chi connectivity index (χ2v) is 5.11. The first-order valence-corrected chi connectivity index (χ1v) is 6.18. The van der Waals surface area contributed by atoms with Crippen molar-refractivity contribution >= 4 is 22.4 Å². The molecular weight excluding hydrogens is 254 g/mol. The van der Waals surface area contributed by atoms with Gasteiger partial charge >= 0.3 is 5.97 Å². The fourth-order valence-electron chi connectivity index (χ4n) is 1.48. The average molecular weight is 267 g/mol. The molecule has 0 fully saturated rings. The first-order valence-electron chi connectivity index (χ1n) is 5.37. The molecule has 6 nitrogen and oxygen atoms in total. The maximum atomic E-state index is 10.9. The van der Waals surface area contributed by atoms with Gasteiger partial charge < -0.3 is 14.8 Å². The molecule has 0 amide bonds. The second-order valence-electron chi connectivity index (χ2n) is 3.90. The summed E-state index contributed by atoms with van der Waals surface area (Å²) in [7, 11) is 0. The van der Waals surface area contributed by atoms with Crippen molar-refractivity contribution in [2.45, 2.75) is 26.8 Å². The first-order chi connectivity index (χ1) is 8.47. The van der Waals surface area contributed by atoms with Crippen LogP contribution in [0.1, 0.15) is 40.0 Å². The fraction of sp³-hybridized carbons (Fsp3) is 0.364. The number of carbonyl (C=O) groups is 1. The number of nitrogens with one attached hydrogen (secondary N) is 1. The lowest BCUT2D eigenvalue weighted by Crippen LogP contribution is -2.07. The summed E-state index contributed by atoms with van der Waals surface area (Å²) in [5.74, 6) is 0.272. The van der Waals surface area contributed by atoms with E-state index in [1.807, 2.05) is 13.8 Å². The van der Waals surface area contributed by atoms with Gasteiger partial charge in [0, 0.05) is 4.88 Å². The van der Waals surface area contributed by atoms with Crippen LogP contribution in [0.4, 0.5) is 5.13 Å². The zero-order valence-electron chi connectivity index (χ0n) is 10.2. The zero-order chi connectivity index (χ0) is 13.3. The summed E-state index contributed by atoms with van der Waals surface area (Å²) in [6.07, 6.45) is 1.64. The van der Waals surface area contributed by atoms with Gasteiger partial charge in [-0.05, 0) is 20.8 Å². The maximum Gasteiger partial charge on any atom is 0.355 e. The Balaban J connectivity index is 2.14. The molecule has 1 unspecified atom stereocenters. The number of hydrogen-bond acceptors (Lipinski definition) is 6. The van der Waals surface area contributed by atoms with Gasteiger partial charge in [0.25, 0.3) is 0 Å². The molecule has 0 aliphatic carbocycles. The fourth-order valence-corrected chi connectivity index (χ4v) is 2.37. The maximum absolute atomic E-state index is 10.9. The van der Waals surface area contributed by atoms with E-state index in [1.54, 1.807) is 13.1 Å². The zero-order valence-corrected chi connectivity index (χ0v) is 11.0. The van der Waals surface area contributed by atoms with E-state index in [9.17, 15) is 4.79 Å². The van der Waals surface area contributed by atoms with E-state index in [2.05, 4.69) is 15.3 Å². The smallest absolute Gasteiger partial charge is 0.355 e. The quantitative estimate of drug-likeness (QED) is 0.885. The number of carboxylic acid groups (broad SMARTS) is 1. The number of rotatable bonds is 4. The van der Waals surface area contributed by atoms with E-state index in [0.717, 1.165) is 5.76 Å². The van der Waals surface area contributed by atoms with E-state index >= 15 is 0 Å². The lowest BCUT2D eigenvalue weighted by atomic mass is 10.3. The lowest BCUT2D eigenvalue weighted by Gasteiger charge is -2.07. The number of aromatic nitrogens is 2. The number of nitrogens with zero attached hydrogens (tertiary/aromatic N) is 2. The summed E-state index contributed by atoms with van der Waals surface area (Å²) >= 11 is 1.30. The average Bonchev–Trinajstić information content (AvgIpc) is 2.85. The Bertz CT molecular complexity index is 576. The van der Waals surface area contributed by atoms with Gasteiger partial charge in [0.05, 0.1) is 6.20 Å². The van der Waals surface area contributed by atoms with Gasteiger partial charge in [-0.3, -0.25) is 0 Å². The molecule has 2 heterocycles. The summed E-state index contributed by atoms with van der Waals surface area (Å²) in [5.41, 5.74) is 0.0817. The molecule has 7 heteroatoms. The lowest BCUT2D eigenvalue weighted by molar-refractivity contribution is 0.0690. The van der Waals surface area contributed by atoms with Crippen LogP contribution < -0.4 is 5.32 Å². The number of hydrogen-bond donors (Lipinski definition) is 2. The third kappa shape index (κ3) is 2.51. The highest BCUT2D eigenvalue weighted by Crippen LogP contribution is 2.26. The van der Waals surface area contributed by atoms with Gasteiger partial charge in [-0.25, -0.2) is 14.8 Å². The Kier molecular flexibility index (Phi) is 3.33. The monoisotopic (exact) mass is 267 g/mol. The number of aromatic carboxylic acids is 1. The van der Waals surface area contributed by atoms with Crippen molar-refractivity contribution < 1.29 is 14.3 Å². The normalized spacial score (nSPS) is 12.4. The Hall–Kier alpha value is -1.89. The van der Waals surface area contributed by atoms with E-state index in [1.165, 1.54) is 11.3 Å². The van der Waals surface area contributed by atoms with Crippen molar-refractivity contribution in [3.63, 3.8) is 0 Å². The molecule has 96 valence electrons. The van der Waals surface area contributed by atoms with Crippen molar-refractivity contribution in [1.82, 2.24) is 9.97 Å². The van der Waals surface area contributed by atoms with Crippen LogP contribution in [0.5, 0.6) is 0 Å². The third-order valence-electron chi connectivity index (χ3n) is 2.35. The van der Waals surface area contributed by atoms with Crippen LogP contribution in [0.3, 0.4) is 0 Å². The van der Waals surface area contributed by atoms with Crippen molar-refractivity contribution in [2.24, 2.45) is 0 Å². The van der Waals surface area contributed by atoms with Crippen molar-refractivity contribution in [3.05, 3.63) is 28.4 Å². The number of anilines is 1. The Morgan fingerprint density at radius 2 is 2.28 bits per heavy atom. The largest absolute Gasteiger partial charge is 0.476 e. The summed E-state index contributed by atoms with van der Waals surface area (Å²) in [6.45, 7) is 5.42. The van der Waals surface area contributed by atoms with Gasteiger partial charge in [0.2, 0.25) is 5.89 Å². The molecule has 2 aromatic heterocycles. The molecule has 2 aromatic rings. The molecule has 0 aromatic carbocycles. The second kappa shape index (κ2) is 4.77. The van der Waals surface area contributed by atoms with Gasteiger partial charge in [-0.1, -0.05) is 0 Å².